The van der Waals surface area contributed by atoms with Crippen LogP contribution in [0.3, 0.4) is 0 Å². The lowest BCUT2D eigenvalue weighted by Crippen LogP contribution is -2.24. The smallest absolute Gasteiger partial charge is 0.317 e. The highest BCUT2D eigenvalue weighted by Gasteiger charge is 2.16. The van der Waals surface area contributed by atoms with E-state index in [2.05, 4.69) is 0 Å². The highest BCUT2D eigenvalue weighted by Crippen LogP contribution is 2.09. The molecular weight excluding hydrogens is 360 g/mol. The van der Waals surface area contributed by atoms with Crippen molar-refractivity contribution >= 4 is 17.9 Å². The minimum Gasteiger partial charge on any atom is -0.465 e. The van der Waals surface area contributed by atoms with Gasteiger partial charge in [-0.1, -0.05) is 0 Å². The van der Waals surface area contributed by atoms with Crippen LogP contribution in [0.2, 0.25) is 0 Å². The summed E-state index contributed by atoms with van der Waals surface area (Å²) in [6, 6.07) is 0. The van der Waals surface area contributed by atoms with Gasteiger partial charge in [-0.25, -0.2) is 0 Å². The fourth-order valence-corrected chi connectivity index (χ4v) is 1.69. The molecule has 0 saturated heterocycles. The minimum absolute atomic E-state index is 0.0392. The van der Waals surface area contributed by atoms with E-state index in [0.717, 1.165) is 0 Å². The summed E-state index contributed by atoms with van der Waals surface area (Å²) in [7, 11) is 1.59. The zero-order chi connectivity index (χ0) is 20.5. The first kappa shape index (κ1) is 25.3. The molecule has 0 fully saturated rings. The van der Waals surface area contributed by atoms with Gasteiger partial charge in [0.25, 0.3) is 0 Å². The Kier molecular flexibility index (Phi) is 14.4. The summed E-state index contributed by atoms with van der Waals surface area (Å²) in [5.74, 6) is -1.74. The second-order valence-corrected chi connectivity index (χ2v) is 6.53. The highest BCUT2D eigenvalue weighted by molar-refractivity contribution is 5.91. The zero-order valence-electron chi connectivity index (χ0n) is 16.7. The van der Waals surface area contributed by atoms with Crippen LogP contribution in [0.1, 0.15) is 40.0 Å². The van der Waals surface area contributed by atoms with E-state index < -0.39 is 24.0 Å². The van der Waals surface area contributed by atoms with Crippen molar-refractivity contribution in [3.05, 3.63) is 0 Å². The number of esters is 3. The molecule has 0 amide bonds. The summed E-state index contributed by atoms with van der Waals surface area (Å²) in [5.41, 5.74) is -0.543. The Morgan fingerprint density at radius 2 is 1.22 bits per heavy atom. The lowest BCUT2D eigenvalue weighted by atomic mass is 10.2. The first-order valence-electron chi connectivity index (χ1n) is 8.92. The Morgan fingerprint density at radius 3 is 1.78 bits per heavy atom. The largest absolute Gasteiger partial charge is 0.465 e. The SMILES string of the molecule is COCCOCCOCCOC(=O)CC(=O)OCCCC(=O)OC(C)(C)C. The summed E-state index contributed by atoms with van der Waals surface area (Å²) in [5, 5.41) is 0. The van der Waals surface area contributed by atoms with Crippen molar-refractivity contribution in [2.24, 2.45) is 0 Å². The molecule has 0 aliphatic heterocycles. The van der Waals surface area contributed by atoms with Crippen molar-refractivity contribution in [2.45, 2.75) is 45.6 Å². The first-order chi connectivity index (χ1) is 12.7. The van der Waals surface area contributed by atoms with Gasteiger partial charge in [0.05, 0.1) is 39.6 Å². The van der Waals surface area contributed by atoms with Gasteiger partial charge in [0, 0.05) is 13.5 Å². The third-order valence-electron chi connectivity index (χ3n) is 2.79. The lowest BCUT2D eigenvalue weighted by molar-refractivity contribution is -0.159. The van der Waals surface area contributed by atoms with Crippen molar-refractivity contribution in [3.63, 3.8) is 0 Å². The molecule has 0 atom stereocenters. The lowest BCUT2D eigenvalue weighted by Gasteiger charge is -2.19. The molecule has 9 heteroatoms. The van der Waals surface area contributed by atoms with Crippen LogP contribution in [0.4, 0.5) is 0 Å². The Hall–Kier alpha value is -1.71. The molecule has 0 aliphatic carbocycles. The number of rotatable bonds is 15. The topological polar surface area (TPSA) is 107 Å². The zero-order valence-corrected chi connectivity index (χ0v) is 16.7. The normalized spacial score (nSPS) is 11.1. The third kappa shape index (κ3) is 18.9. The minimum atomic E-state index is -0.698. The van der Waals surface area contributed by atoms with Crippen LogP contribution in [0.5, 0.6) is 0 Å². The van der Waals surface area contributed by atoms with Crippen molar-refractivity contribution in [1.29, 1.82) is 0 Å². The van der Waals surface area contributed by atoms with Crippen LogP contribution in [0.15, 0.2) is 0 Å². The molecule has 0 unspecified atom stereocenters. The quantitative estimate of drug-likeness (QED) is 0.176. The van der Waals surface area contributed by atoms with Gasteiger partial charge >= 0.3 is 17.9 Å². The fourth-order valence-electron chi connectivity index (χ4n) is 1.69. The van der Waals surface area contributed by atoms with Crippen LogP contribution in [-0.4, -0.2) is 76.9 Å². The first-order valence-corrected chi connectivity index (χ1v) is 8.92. The molecule has 158 valence electrons. The van der Waals surface area contributed by atoms with Crippen LogP contribution >= 0.6 is 0 Å². The van der Waals surface area contributed by atoms with Gasteiger partial charge in [-0.2, -0.15) is 0 Å². The molecule has 9 nitrogen and oxygen atoms in total. The van der Waals surface area contributed by atoms with E-state index in [0.29, 0.717) is 32.8 Å². The molecule has 0 aromatic heterocycles. The van der Waals surface area contributed by atoms with Crippen molar-refractivity contribution in [3.8, 4) is 0 Å². The number of methoxy groups -OCH3 is 1. The van der Waals surface area contributed by atoms with E-state index in [1.54, 1.807) is 27.9 Å². The van der Waals surface area contributed by atoms with Gasteiger partial charge in [0.15, 0.2) is 0 Å². The maximum atomic E-state index is 11.5. The average molecular weight is 392 g/mol. The van der Waals surface area contributed by atoms with E-state index in [1.807, 2.05) is 0 Å². The van der Waals surface area contributed by atoms with Gasteiger partial charge in [-0.15, -0.1) is 0 Å². The molecule has 0 aromatic carbocycles. The van der Waals surface area contributed by atoms with Gasteiger partial charge in [-0.05, 0) is 27.2 Å². The number of ether oxygens (including phenoxy) is 6. The van der Waals surface area contributed by atoms with Crippen LogP contribution in [-0.2, 0) is 42.8 Å². The summed E-state index contributed by atoms with van der Waals surface area (Å²) in [6.45, 7) is 7.44. The molecular formula is C18H32O9. The third-order valence-corrected chi connectivity index (χ3v) is 2.79. The number of carbonyl (C=O) groups excluding carboxylic acids is 3. The average Bonchev–Trinajstić information content (AvgIpc) is 2.55. The van der Waals surface area contributed by atoms with Crippen LogP contribution < -0.4 is 0 Å². The molecule has 0 rings (SSSR count). The van der Waals surface area contributed by atoms with E-state index in [-0.39, 0.29) is 32.2 Å². The van der Waals surface area contributed by atoms with Crippen LogP contribution in [0.25, 0.3) is 0 Å². The fraction of sp³-hybridized carbons (Fsp3) is 0.833. The number of carbonyl (C=O) groups is 3. The van der Waals surface area contributed by atoms with Crippen molar-refractivity contribution in [1.82, 2.24) is 0 Å². The molecule has 0 heterocycles. The molecule has 0 saturated carbocycles. The molecule has 0 radical (unpaired) electrons. The second-order valence-electron chi connectivity index (χ2n) is 6.53. The Labute approximate surface area is 160 Å². The predicted molar refractivity (Wildman–Crippen MR) is 95.1 cm³/mol. The van der Waals surface area contributed by atoms with Gasteiger partial charge in [0.1, 0.15) is 18.6 Å². The number of hydrogen-bond donors (Lipinski definition) is 0. The summed E-state index contributed by atoms with van der Waals surface area (Å²) in [4.78, 5) is 34.4. The monoisotopic (exact) mass is 392 g/mol. The summed E-state index contributed by atoms with van der Waals surface area (Å²) >= 11 is 0. The van der Waals surface area contributed by atoms with Gasteiger partial charge < -0.3 is 28.4 Å². The maximum absolute atomic E-state index is 11.5. The van der Waals surface area contributed by atoms with E-state index in [4.69, 9.17) is 28.4 Å². The van der Waals surface area contributed by atoms with Crippen molar-refractivity contribution < 1.29 is 42.8 Å². The van der Waals surface area contributed by atoms with Crippen LogP contribution in [0, 0.1) is 0 Å². The Bertz CT molecular complexity index is 429. The molecule has 0 spiro atoms. The van der Waals surface area contributed by atoms with E-state index in [1.165, 1.54) is 0 Å². The summed E-state index contributed by atoms with van der Waals surface area (Å²) < 4.78 is 30.1. The Balaban J connectivity index is 3.54. The second kappa shape index (κ2) is 15.4. The maximum Gasteiger partial charge on any atom is 0.317 e. The molecule has 27 heavy (non-hydrogen) atoms. The highest BCUT2D eigenvalue weighted by atomic mass is 16.6. The van der Waals surface area contributed by atoms with E-state index in [9.17, 15) is 14.4 Å². The Morgan fingerprint density at radius 1 is 0.704 bits per heavy atom. The molecule has 0 aromatic rings. The molecule has 0 bridgehead atoms. The van der Waals surface area contributed by atoms with Gasteiger partial charge in [0.2, 0.25) is 0 Å². The van der Waals surface area contributed by atoms with Crippen molar-refractivity contribution in [2.75, 3.05) is 53.4 Å². The standard InChI is InChI=1S/C18H32O9/c1-18(2,3)27-15(19)6-5-7-25-16(20)14-17(21)26-13-12-24-11-10-23-9-8-22-4/h5-14H2,1-4H3. The van der Waals surface area contributed by atoms with Gasteiger partial charge in [-0.3, -0.25) is 14.4 Å². The predicted octanol–water partition coefficient (Wildman–Crippen LogP) is 1.26. The molecule has 0 N–H and O–H groups in total. The number of hydrogen-bond acceptors (Lipinski definition) is 9. The summed E-state index contributed by atoms with van der Waals surface area (Å²) in [6.07, 6.45) is -0.00984. The van der Waals surface area contributed by atoms with E-state index >= 15 is 0 Å². The molecule has 0 aliphatic rings.